The molecule has 1 aliphatic carbocycles. The Balaban J connectivity index is 1.93. The Labute approximate surface area is 123 Å². The SMILES string of the molecule is NCc1sccc1S(=O)(=O)N1CCOC2CCCCC21. The molecule has 20 heavy (non-hydrogen) atoms. The summed E-state index contributed by atoms with van der Waals surface area (Å²) < 4.78 is 33.2. The van der Waals surface area contributed by atoms with Crippen LogP contribution >= 0.6 is 11.3 Å². The van der Waals surface area contributed by atoms with Crippen molar-refractivity contribution >= 4 is 21.4 Å². The maximum absolute atomic E-state index is 12.9. The van der Waals surface area contributed by atoms with E-state index in [0.29, 0.717) is 18.0 Å². The minimum absolute atomic E-state index is 0.00646. The molecule has 0 amide bonds. The molecule has 2 unspecified atom stereocenters. The number of hydrogen-bond donors (Lipinski definition) is 1. The lowest BCUT2D eigenvalue weighted by molar-refractivity contribution is -0.0586. The van der Waals surface area contributed by atoms with Crippen LogP contribution in [0.1, 0.15) is 30.6 Å². The Morgan fingerprint density at radius 2 is 2.20 bits per heavy atom. The molecule has 1 aliphatic heterocycles. The molecular formula is C13H20N2O3S2. The molecule has 2 aliphatic rings. The van der Waals surface area contributed by atoms with E-state index in [1.165, 1.54) is 11.3 Å². The number of fused-ring (bicyclic) bond motifs is 1. The third-order valence-electron chi connectivity index (χ3n) is 4.16. The van der Waals surface area contributed by atoms with Gasteiger partial charge in [-0.25, -0.2) is 8.42 Å². The molecular weight excluding hydrogens is 296 g/mol. The zero-order valence-corrected chi connectivity index (χ0v) is 13.0. The number of nitrogens with zero attached hydrogens (tertiary/aromatic N) is 1. The Bertz CT molecular complexity index is 568. The zero-order valence-electron chi connectivity index (χ0n) is 11.3. The molecule has 0 aromatic carbocycles. The predicted molar refractivity (Wildman–Crippen MR) is 78.1 cm³/mol. The highest BCUT2D eigenvalue weighted by molar-refractivity contribution is 7.89. The van der Waals surface area contributed by atoms with Crippen LogP contribution in [0.25, 0.3) is 0 Å². The van der Waals surface area contributed by atoms with Crippen LogP contribution in [-0.4, -0.2) is 38.0 Å². The van der Waals surface area contributed by atoms with Gasteiger partial charge in [0, 0.05) is 18.0 Å². The van der Waals surface area contributed by atoms with Crippen LogP contribution in [0.3, 0.4) is 0 Å². The zero-order chi connectivity index (χ0) is 14.2. The van der Waals surface area contributed by atoms with Crippen molar-refractivity contribution in [3.8, 4) is 0 Å². The average Bonchev–Trinajstić information content (AvgIpc) is 2.96. The molecule has 2 atom stereocenters. The van der Waals surface area contributed by atoms with Gasteiger partial charge in [0.2, 0.25) is 10.0 Å². The summed E-state index contributed by atoms with van der Waals surface area (Å²) in [6.45, 7) is 1.20. The van der Waals surface area contributed by atoms with Crippen molar-refractivity contribution in [1.82, 2.24) is 4.31 Å². The molecule has 7 heteroatoms. The number of morpholine rings is 1. The van der Waals surface area contributed by atoms with E-state index in [1.807, 2.05) is 0 Å². The van der Waals surface area contributed by atoms with E-state index in [4.69, 9.17) is 10.5 Å². The highest BCUT2D eigenvalue weighted by Gasteiger charge is 2.41. The van der Waals surface area contributed by atoms with Crippen molar-refractivity contribution in [1.29, 1.82) is 0 Å². The fraction of sp³-hybridized carbons (Fsp3) is 0.692. The number of nitrogens with two attached hydrogens (primary N) is 1. The summed E-state index contributed by atoms with van der Waals surface area (Å²) in [5.41, 5.74) is 5.66. The highest BCUT2D eigenvalue weighted by atomic mass is 32.2. The van der Waals surface area contributed by atoms with Gasteiger partial charge in [0.25, 0.3) is 0 Å². The Hall–Kier alpha value is -0.470. The molecule has 1 aromatic rings. The van der Waals surface area contributed by atoms with Crippen molar-refractivity contribution in [3.05, 3.63) is 16.3 Å². The van der Waals surface area contributed by atoms with Crippen LogP contribution in [0.5, 0.6) is 0 Å². The van der Waals surface area contributed by atoms with Crippen molar-refractivity contribution in [2.75, 3.05) is 13.2 Å². The van der Waals surface area contributed by atoms with E-state index in [-0.39, 0.29) is 18.7 Å². The van der Waals surface area contributed by atoms with Gasteiger partial charge < -0.3 is 10.5 Å². The second-order valence-corrected chi connectivity index (χ2v) is 8.15. The van der Waals surface area contributed by atoms with E-state index in [9.17, 15) is 8.42 Å². The Morgan fingerprint density at radius 1 is 1.40 bits per heavy atom. The number of hydrogen-bond acceptors (Lipinski definition) is 5. The number of rotatable bonds is 3. The first kappa shape index (κ1) is 14.5. The van der Waals surface area contributed by atoms with E-state index in [0.717, 1.165) is 30.6 Å². The lowest BCUT2D eigenvalue weighted by Gasteiger charge is -2.42. The van der Waals surface area contributed by atoms with Gasteiger partial charge in [-0.05, 0) is 24.3 Å². The Morgan fingerprint density at radius 3 is 3.00 bits per heavy atom. The lowest BCUT2D eigenvalue weighted by Crippen LogP contribution is -2.54. The molecule has 0 bridgehead atoms. The van der Waals surface area contributed by atoms with Crippen LogP contribution in [0, 0.1) is 0 Å². The molecule has 112 valence electrons. The molecule has 1 aromatic heterocycles. The van der Waals surface area contributed by atoms with Gasteiger partial charge >= 0.3 is 0 Å². The van der Waals surface area contributed by atoms with Gasteiger partial charge in [-0.15, -0.1) is 11.3 Å². The summed E-state index contributed by atoms with van der Waals surface area (Å²) >= 11 is 1.41. The van der Waals surface area contributed by atoms with Gasteiger partial charge in [-0.3, -0.25) is 0 Å². The van der Waals surface area contributed by atoms with Crippen molar-refractivity contribution < 1.29 is 13.2 Å². The normalized spacial score (nSPS) is 28.2. The van der Waals surface area contributed by atoms with Crippen LogP contribution in [-0.2, 0) is 21.3 Å². The minimum Gasteiger partial charge on any atom is -0.375 e. The van der Waals surface area contributed by atoms with Gasteiger partial charge in [0.1, 0.15) is 0 Å². The average molecular weight is 316 g/mol. The first-order valence-corrected chi connectivity index (χ1v) is 9.36. The first-order chi connectivity index (χ1) is 9.64. The first-order valence-electron chi connectivity index (χ1n) is 7.04. The lowest BCUT2D eigenvalue weighted by atomic mass is 9.91. The smallest absolute Gasteiger partial charge is 0.244 e. The number of ether oxygens (including phenoxy) is 1. The molecule has 5 nitrogen and oxygen atoms in total. The van der Waals surface area contributed by atoms with E-state index in [1.54, 1.807) is 15.8 Å². The van der Waals surface area contributed by atoms with Crippen LogP contribution in [0.4, 0.5) is 0 Å². The summed E-state index contributed by atoms with van der Waals surface area (Å²) in [7, 11) is -3.45. The number of sulfonamides is 1. The molecule has 1 saturated carbocycles. The number of thiophene rings is 1. The minimum atomic E-state index is -3.45. The fourth-order valence-electron chi connectivity index (χ4n) is 3.19. The third kappa shape index (κ3) is 2.42. The molecule has 0 spiro atoms. The van der Waals surface area contributed by atoms with Crippen LogP contribution < -0.4 is 5.73 Å². The molecule has 3 rings (SSSR count). The maximum Gasteiger partial charge on any atom is 0.244 e. The Kier molecular flexibility index (Phi) is 4.14. The second kappa shape index (κ2) is 5.73. The van der Waals surface area contributed by atoms with Gasteiger partial charge in [-0.1, -0.05) is 12.8 Å². The molecule has 2 N–H and O–H groups in total. The van der Waals surface area contributed by atoms with E-state index >= 15 is 0 Å². The quantitative estimate of drug-likeness (QED) is 0.918. The molecule has 2 heterocycles. The third-order valence-corrected chi connectivity index (χ3v) is 7.24. The van der Waals surface area contributed by atoms with Gasteiger partial charge in [0.05, 0.1) is 23.6 Å². The van der Waals surface area contributed by atoms with Gasteiger partial charge in [-0.2, -0.15) is 4.31 Å². The van der Waals surface area contributed by atoms with Crippen LogP contribution in [0.2, 0.25) is 0 Å². The fourth-order valence-corrected chi connectivity index (χ4v) is 6.16. The molecule has 2 fully saturated rings. The summed E-state index contributed by atoms with van der Waals surface area (Å²) in [4.78, 5) is 1.13. The molecule has 1 saturated heterocycles. The van der Waals surface area contributed by atoms with E-state index < -0.39 is 10.0 Å². The molecule has 0 radical (unpaired) electrons. The predicted octanol–water partition coefficient (Wildman–Crippen LogP) is 1.54. The maximum atomic E-state index is 12.9. The van der Waals surface area contributed by atoms with Crippen molar-refractivity contribution in [2.24, 2.45) is 5.73 Å². The highest BCUT2D eigenvalue weighted by Crippen LogP contribution is 2.34. The summed E-state index contributed by atoms with van der Waals surface area (Å²) in [6.07, 6.45) is 4.12. The van der Waals surface area contributed by atoms with Crippen molar-refractivity contribution in [2.45, 2.75) is 49.3 Å². The second-order valence-electron chi connectivity index (χ2n) is 5.29. The topological polar surface area (TPSA) is 72.6 Å². The van der Waals surface area contributed by atoms with Gasteiger partial charge in [0.15, 0.2) is 0 Å². The van der Waals surface area contributed by atoms with E-state index in [2.05, 4.69) is 0 Å². The summed E-state index contributed by atoms with van der Waals surface area (Å²) in [5.74, 6) is 0. The monoisotopic (exact) mass is 316 g/mol. The van der Waals surface area contributed by atoms with Crippen LogP contribution in [0.15, 0.2) is 16.3 Å². The largest absolute Gasteiger partial charge is 0.375 e. The standard InChI is InChI=1S/C13H20N2O3S2/c14-9-12-13(5-8-19-12)20(16,17)15-6-7-18-11-4-2-1-3-10(11)15/h5,8,10-11H,1-4,6-7,9,14H2. The summed E-state index contributed by atoms with van der Waals surface area (Å²) in [6, 6.07) is 1.67. The summed E-state index contributed by atoms with van der Waals surface area (Å²) in [5, 5.41) is 1.80. The van der Waals surface area contributed by atoms with Crippen molar-refractivity contribution in [3.63, 3.8) is 0 Å².